The molecule has 0 saturated carbocycles. The highest BCUT2D eigenvalue weighted by Crippen LogP contribution is 2.50. The third-order valence-corrected chi connectivity index (χ3v) is 7.11. The van der Waals surface area contributed by atoms with Crippen molar-refractivity contribution in [3.63, 3.8) is 0 Å². The highest BCUT2D eigenvalue weighted by molar-refractivity contribution is 6.32. The molecular formula is C28H27ClO8. The lowest BCUT2D eigenvalue weighted by Crippen LogP contribution is -2.23. The zero-order valence-electron chi connectivity index (χ0n) is 20.4. The monoisotopic (exact) mass is 526 g/mol. The molecule has 0 unspecified atom stereocenters. The van der Waals surface area contributed by atoms with E-state index >= 15 is 0 Å². The highest BCUT2D eigenvalue weighted by atomic mass is 35.5. The lowest BCUT2D eigenvalue weighted by molar-refractivity contribution is -0.135. The summed E-state index contributed by atoms with van der Waals surface area (Å²) in [4.78, 5) is 38.0. The van der Waals surface area contributed by atoms with Crippen LogP contribution in [0.25, 0.3) is 6.08 Å². The zero-order valence-corrected chi connectivity index (χ0v) is 21.1. The fraction of sp³-hybridized carbons (Fsp3) is 0.393. The second-order valence-corrected chi connectivity index (χ2v) is 9.92. The van der Waals surface area contributed by atoms with E-state index in [1.54, 1.807) is 31.2 Å². The minimum atomic E-state index is -0.685. The molecule has 3 aliphatic heterocycles. The Morgan fingerprint density at radius 1 is 1.03 bits per heavy atom. The summed E-state index contributed by atoms with van der Waals surface area (Å²) in [6.07, 6.45) is 6.40. The molecule has 8 nitrogen and oxygen atoms in total. The summed E-state index contributed by atoms with van der Waals surface area (Å²) in [6, 6.07) is 4.95. The van der Waals surface area contributed by atoms with Crippen LogP contribution in [0.15, 0.2) is 24.3 Å². The molecule has 3 heterocycles. The van der Waals surface area contributed by atoms with Gasteiger partial charge in [-0.05, 0) is 61.9 Å². The highest BCUT2D eigenvalue weighted by Gasteiger charge is 2.36. The molecule has 2 atom stereocenters. The number of hydrogen-bond acceptors (Lipinski definition) is 8. The number of ether oxygens (including phenoxy) is 4. The number of ketones is 1. The quantitative estimate of drug-likeness (QED) is 0.372. The van der Waals surface area contributed by atoms with Crippen LogP contribution in [-0.2, 0) is 14.3 Å². The predicted molar refractivity (Wildman–Crippen MR) is 134 cm³/mol. The number of phenolic OH excluding ortho intramolecular Hbond substituents is 1. The van der Waals surface area contributed by atoms with Crippen LogP contribution in [-0.4, -0.2) is 35.7 Å². The molecule has 0 radical (unpaired) electrons. The van der Waals surface area contributed by atoms with Gasteiger partial charge in [0.05, 0.1) is 17.5 Å². The van der Waals surface area contributed by atoms with Crippen molar-refractivity contribution in [1.82, 2.24) is 0 Å². The smallest absolute Gasteiger partial charge is 0.342 e. The number of fused-ring (bicyclic) bond motifs is 3. The number of aromatic hydroxyl groups is 1. The number of esters is 2. The van der Waals surface area contributed by atoms with E-state index in [9.17, 15) is 19.5 Å². The lowest BCUT2D eigenvalue weighted by atomic mass is 9.83. The molecule has 0 amide bonds. The molecule has 0 saturated heterocycles. The molecule has 1 N–H and O–H groups in total. The number of carbonyl (C=O) groups excluding carboxylic acids is 3. The Hall–Kier alpha value is -3.52. The van der Waals surface area contributed by atoms with Gasteiger partial charge in [0.25, 0.3) is 0 Å². The van der Waals surface area contributed by atoms with Gasteiger partial charge in [-0.2, -0.15) is 0 Å². The van der Waals surface area contributed by atoms with Gasteiger partial charge in [-0.3, -0.25) is 9.59 Å². The summed E-state index contributed by atoms with van der Waals surface area (Å²) < 4.78 is 22.1. The molecule has 37 heavy (non-hydrogen) atoms. The summed E-state index contributed by atoms with van der Waals surface area (Å²) in [7, 11) is 0. The number of hydrogen-bond donors (Lipinski definition) is 1. The molecule has 9 heteroatoms. The van der Waals surface area contributed by atoms with Crippen LogP contribution in [0.3, 0.4) is 0 Å². The molecule has 2 aromatic carbocycles. The second-order valence-electron chi connectivity index (χ2n) is 9.51. The van der Waals surface area contributed by atoms with E-state index in [4.69, 9.17) is 30.5 Å². The number of rotatable bonds is 1. The fourth-order valence-electron chi connectivity index (χ4n) is 4.99. The standard InChI is InChI=1S/C28H27ClO8/c1-15-6-5-9-18(30)8-4-2-3-7-16-11-21-25(26(32)24(16)28(33)36-15)19(13-23(31)37-21)17-10-20(29)27-22(12-17)34-14-35-27/h3,7,10-12,15,19,32H,2,4-6,8-9,13-14H2,1H3/b7-3+/t15-,19-/m0/s1. The van der Waals surface area contributed by atoms with E-state index in [0.29, 0.717) is 71.7 Å². The van der Waals surface area contributed by atoms with Gasteiger partial charge >= 0.3 is 11.9 Å². The van der Waals surface area contributed by atoms with Gasteiger partial charge < -0.3 is 24.1 Å². The molecule has 2 aromatic rings. The van der Waals surface area contributed by atoms with Crippen LogP contribution < -0.4 is 14.2 Å². The van der Waals surface area contributed by atoms with Crippen molar-refractivity contribution in [3.05, 3.63) is 51.6 Å². The number of cyclic esters (lactones) is 1. The van der Waals surface area contributed by atoms with Crippen molar-refractivity contribution in [1.29, 1.82) is 0 Å². The van der Waals surface area contributed by atoms with E-state index in [0.717, 1.165) is 0 Å². The maximum atomic E-state index is 13.3. The average molecular weight is 527 g/mol. The van der Waals surface area contributed by atoms with Crippen molar-refractivity contribution in [3.8, 4) is 23.0 Å². The van der Waals surface area contributed by atoms with E-state index in [2.05, 4.69) is 0 Å². The van der Waals surface area contributed by atoms with Crippen LogP contribution in [0.2, 0.25) is 5.02 Å². The van der Waals surface area contributed by atoms with Gasteiger partial charge in [-0.25, -0.2) is 4.79 Å². The Balaban J connectivity index is 1.60. The summed E-state index contributed by atoms with van der Waals surface area (Å²) in [6.45, 7) is 1.80. The largest absolute Gasteiger partial charge is 0.507 e. The number of carbonyl (C=O) groups is 3. The van der Waals surface area contributed by atoms with Crippen molar-refractivity contribution < 1.29 is 38.4 Å². The first-order valence-electron chi connectivity index (χ1n) is 12.4. The van der Waals surface area contributed by atoms with E-state index < -0.39 is 24.0 Å². The molecule has 0 fully saturated rings. The maximum Gasteiger partial charge on any atom is 0.342 e. The first-order valence-corrected chi connectivity index (χ1v) is 12.8. The molecule has 0 spiro atoms. The van der Waals surface area contributed by atoms with Crippen LogP contribution in [0.1, 0.15) is 84.8 Å². The van der Waals surface area contributed by atoms with Crippen molar-refractivity contribution >= 4 is 35.4 Å². The maximum absolute atomic E-state index is 13.3. The summed E-state index contributed by atoms with van der Waals surface area (Å²) >= 11 is 6.40. The van der Waals surface area contributed by atoms with Gasteiger partial charge in [0, 0.05) is 24.3 Å². The first-order chi connectivity index (χ1) is 17.8. The SMILES string of the molecule is C[C@H]1CCCC(=O)CCC/C=C/c2cc3c(c(O)c2C(=O)O1)[C@H](c1cc(Cl)c2c(c1)OCO2)CC(=O)O3. The minimum Gasteiger partial charge on any atom is -0.507 e. The molecular weight excluding hydrogens is 500 g/mol. The number of Topliss-reactive ketones (excluding diaryl/α,β-unsaturated/α-hetero) is 1. The molecule has 5 rings (SSSR count). The van der Waals surface area contributed by atoms with E-state index in [1.165, 1.54) is 0 Å². The third-order valence-electron chi connectivity index (χ3n) is 6.83. The zero-order chi connectivity index (χ0) is 26.1. The van der Waals surface area contributed by atoms with Crippen LogP contribution in [0.5, 0.6) is 23.0 Å². The van der Waals surface area contributed by atoms with E-state index in [-0.39, 0.29) is 36.1 Å². The number of allylic oxidation sites excluding steroid dienone is 1. The molecule has 0 aliphatic carbocycles. The van der Waals surface area contributed by atoms with Crippen molar-refractivity contribution in [2.45, 2.75) is 63.9 Å². The summed E-state index contributed by atoms with van der Waals surface area (Å²) in [5, 5.41) is 11.8. The first kappa shape index (κ1) is 25.1. The Morgan fingerprint density at radius 2 is 1.84 bits per heavy atom. The van der Waals surface area contributed by atoms with Crippen LogP contribution in [0, 0.1) is 0 Å². The second kappa shape index (κ2) is 10.5. The van der Waals surface area contributed by atoms with Crippen LogP contribution >= 0.6 is 11.6 Å². The normalized spacial score (nSPS) is 22.8. The number of phenols is 1. The van der Waals surface area contributed by atoms with Gasteiger partial charge in [-0.15, -0.1) is 0 Å². The molecule has 0 aromatic heterocycles. The number of benzene rings is 2. The van der Waals surface area contributed by atoms with Gasteiger partial charge in [-0.1, -0.05) is 23.8 Å². The Kier molecular flexibility index (Phi) is 7.11. The Labute approximate surface area is 219 Å². The summed E-state index contributed by atoms with van der Waals surface area (Å²) in [5.74, 6) is -0.895. The topological polar surface area (TPSA) is 108 Å². The molecule has 0 bridgehead atoms. The van der Waals surface area contributed by atoms with Gasteiger partial charge in [0.2, 0.25) is 6.79 Å². The number of halogens is 1. The van der Waals surface area contributed by atoms with Gasteiger partial charge in [0.1, 0.15) is 22.8 Å². The van der Waals surface area contributed by atoms with E-state index in [1.807, 2.05) is 6.08 Å². The fourth-order valence-corrected chi connectivity index (χ4v) is 5.27. The average Bonchev–Trinajstić information content (AvgIpc) is 3.32. The summed E-state index contributed by atoms with van der Waals surface area (Å²) in [5.41, 5.74) is 1.29. The lowest BCUT2D eigenvalue weighted by Gasteiger charge is -2.28. The van der Waals surface area contributed by atoms with Crippen LogP contribution in [0.4, 0.5) is 0 Å². The Bertz CT molecular complexity index is 1300. The predicted octanol–water partition coefficient (Wildman–Crippen LogP) is 5.70. The molecule has 3 aliphatic rings. The van der Waals surface area contributed by atoms with Gasteiger partial charge in [0.15, 0.2) is 11.5 Å². The third kappa shape index (κ3) is 5.16. The minimum absolute atomic E-state index is 0.00442. The molecule has 194 valence electrons. The van der Waals surface area contributed by atoms with Crippen molar-refractivity contribution in [2.75, 3.05) is 6.79 Å². The van der Waals surface area contributed by atoms with Crippen molar-refractivity contribution in [2.24, 2.45) is 0 Å². The Morgan fingerprint density at radius 3 is 2.68 bits per heavy atom.